The Morgan fingerprint density at radius 2 is 1.50 bits per heavy atom. The second-order valence-corrected chi connectivity index (χ2v) is 7.78. The van der Waals surface area contributed by atoms with Gasteiger partial charge in [0.1, 0.15) is 0 Å². The van der Waals surface area contributed by atoms with Gasteiger partial charge in [0.15, 0.2) is 0 Å². The van der Waals surface area contributed by atoms with Crippen molar-refractivity contribution in [2.24, 2.45) is 17.8 Å². The van der Waals surface area contributed by atoms with Crippen molar-refractivity contribution in [3.63, 3.8) is 0 Å². The summed E-state index contributed by atoms with van der Waals surface area (Å²) in [5.74, 6) is 0.661. The van der Waals surface area contributed by atoms with Gasteiger partial charge < -0.3 is 0 Å². The van der Waals surface area contributed by atoms with Crippen molar-refractivity contribution in [2.45, 2.75) is 84.8 Å². The van der Waals surface area contributed by atoms with Crippen molar-refractivity contribution in [2.75, 3.05) is 0 Å². The van der Waals surface area contributed by atoms with Gasteiger partial charge in [-0.3, -0.25) is 4.55 Å². The molecule has 0 spiro atoms. The molecule has 4 unspecified atom stereocenters. The average Bonchev–Trinajstić information content (AvgIpc) is 2.39. The van der Waals surface area contributed by atoms with Gasteiger partial charge in [0.25, 0.3) is 10.1 Å². The molecule has 0 heterocycles. The molecule has 4 heteroatoms. The van der Waals surface area contributed by atoms with Gasteiger partial charge in [-0.2, -0.15) is 8.42 Å². The molecular formula is C16H34O3S. The van der Waals surface area contributed by atoms with E-state index in [4.69, 9.17) is 0 Å². The van der Waals surface area contributed by atoms with Crippen LogP contribution < -0.4 is 0 Å². The summed E-state index contributed by atoms with van der Waals surface area (Å²) >= 11 is 0. The maximum absolute atomic E-state index is 11.9. The maximum atomic E-state index is 11.9. The Bertz CT molecular complexity index is 338. The number of rotatable bonds is 11. The molecule has 4 atom stereocenters. The molecule has 0 amide bonds. The van der Waals surface area contributed by atoms with E-state index in [1.165, 1.54) is 0 Å². The van der Waals surface area contributed by atoms with E-state index in [0.717, 1.165) is 44.9 Å². The quantitative estimate of drug-likeness (QED) is 0.551. The summed E-state index contributed by atoms with van der Waals surface area (Å²) in [5, 5.41) is -0.585. The Balaban J connectivity index is 5.18. The molecule has 0 aromatic heterocycles. The summed E-state index contributed by atoms with van der Waals surface area (Å²) in [6.45, 7) is 10.5. The van der Waals surface area contributed by atoms with Crippen LogP contribution in [0.3, 0.4) is 0 Å². The first kappa shape index (κ1) is 19.9. The standard InChI is InChI=1S/C16H34O3S/c1-6-10-11-14(8-3)16(20(17,18)19)15(9-4)12-13(5)7-2/h13-16H,6-12H2,1-5H3,(H,17,18,19). The van der Waals surface area contributed by atoms with Gasteiger partial charge >= 0.3 is 0 Å². The molecule has 0 aliphatic rings. The van der Waals surface area contributed by atoms with Crippen molar-refractivity contribution in [1.82, 2.24) is 0 Å². The van der Waals surface area contributed by atoms with Crippen LogP contribution in [0, 0.1) is 17.8 Å². The molecule has 20 heavy (non-hydrogen) atoms. The van der Waals surface area contributed by atoms with Crippen LogP contribution in [0.25, 0.3) is 0 Å². The average molecular weight is 307 g/mol. The van der Waals surface area contributed by atoms with E-state index in [1.807, 2.05) is 13.8 Å². The van der Waals surface area contributed by atoms with E-state index >= 15 is 0 Å². The highest BCUT2D eigenvalue weighted by Crippen LogP contribution is 2.33. The minimum atomic E-state index is -3.97. The van der Waals surface area contributed by atoms with Crippen molar-refractivity contribution in [3.05, 3.63) is 0 Å². The maximum Gasteiger partial charge on any atom is 0.268 e. The molecule has 0 saturated heterocycles. The smallest absolute Gasteiger partial charge is 0.268 e. The summed E-state index contributed by atoms with van der Waals surface area (Å²) in [6, 6.07) is 0. The Kier molecular flexibility index (Phi) is 9.73. The van der Waals surface area contributed by atoms with Crippen LogP contribution in [0.2, 0.25) is 0 Å². The fraction of sp³-hybridized carbons (Fsp3) is 1.00. The van der Waals surface area contributed by atoms with Crippen molar-refractivity contribution < 1.29 is 13.0 Å². The van der Waals surface area contributed by atoms with Crippen LogP contribution in [0.1, 0.15) is 79.6 Å². The third kappa shape index (κ3) is 6.57. The molecule has 0 rings (SSSR count). The van der Waals surface area contributed by atoms with Crippen LogP contribution in [-0.4, -0.2) is 18.2 Å². The topological polar surface area (TPSA) is 54.4 Å². The molecule has 3 nitrogen and oxygen atoms in total. The van der Waals surface area contributed by atoms with Gasteiger partial charge in [-0.15, -0.1) is 0 Å². The highest BCUT2D eigenvalue weighted by molar-refractivity contribution is 7.86. The zero-order valence-electron chi connectivity index (χ0n) is 13.9. The van der Waals surface area contributed by atoms with Crippen LogP contribution in [0.4, 0.5) is 0 Å². The molecular weight excluding hydrogens is 272 g/mol. The Morgan fingerprint density at radius 1 is 0.950 bits per heavy atom. The molecule has 0 aromatic rings. The summed E-state index contributed by atoms with van der Waals surface area (Å²) in [4.78, 5) is 0. The third-order valence-electron chi connectivity index (χ3n) is 4.65. The third-order valence-corrected chi connectivity index (χ3v) is 6.11. The van der Waals surface area contributed by atoms with Crippen LogP contribution in [-0.2, 0) is 10.1 Å². The lowest BCUT2D eigenvalue weighted by molar-refractivity contribution is 0.272. The first-order valence-corrected chi connectivity index (χ1v) is 9.78. The first-order valence-electron chi connectivity index (χ1n) is 8.27. The minimum Gasteiger partial charge on any atom is -0.285 e. The van der Waals surface area contributed by atoms with Gasteiger partial charge in [-0.1, -0.05) is 66.7 Å². The van der Waals surface area contributed by atoms with Crippen LogP contribution in [0.5, 0.6) is 0 Å². The predicted molar refractivity (Wildman–Crippen MR) is 86.5 cm³/mol. The zero-order chi connectivity index (χ0) is 15.8. The molecule has 0 aliphatic carbocycles. The molecule has 0 aliphatic heterocycles. The van der Waals surface area contributed by atoms with E-state index in [-0.39, 0.29) is 11.8 Å². The van der Waals surface area contributed by atoms with E-state index in [1.54, 1.807) is 0 Å². The highest BCUT2D eigenvalue weighted by atomic mass is 32.2. The SMILES string of the molecule is CCCCC(CC)C(C(CC)CC(C)CC)S(=O)(=O)O. The zero-order valence-corrected chi connectivity index (χ0v) is 14.7. The molecule has 122 valence electrons. The lowest BCUT2D eigenvalue weighted by atomic mass is 9.82. The number of unbranched alkanes of at least 4 members (excludes halogenated alkanes) is 1. The minimum absolute atomic E-state index is 0.0711. The van der Waals surface area contributed by atoms with Crippen molar-refractivity contribution in [3.8, 4) is 0 Å². The Morgan fingerprint density at radius 3 is 1.85 bits per heavy atom. The summed E-state index contributed by atoms with van der Waals surface area (Å²) < 4.78 is 33.6. The second-order valence-electron chi connectivity index (χ2n) is 6.21. The van der Waals surface area contributed by atoms with E-state index < -0.39 is 15.4 Å². The fourth-order valence-electron chi connectivity index (χ4n) is 3.15. The summed E-state index contributed by atoms with van der Waals surface area (Å²) in [6.07, 6.45) is 6.58. The monoisotopic (exact) mass is 306 g/mol. The van der Waals surface area contributed by atoms with Gasteiger partial charge in [0, 0.05) is 0 Å². The molecule has 0 saturated carbocycles. The molecule has 0 radical (unpaired) electrons. The van der Waals surface area contributed by atoms with Crippen LogP contribution >= 0.6 is 0 Å². The molecule has 0 bridgehead atoms. The van der Waals surface area contributed by atoms with Gasteiger partial charge in [-0.25, -0.2) is 0 Å². The molecule has 0 aromatic carbocycles. The lowest BCUT2D eigenvalue weighted by Gasteiger charge is -2.32. The van der Waals surface area contributed by atoms with Gasteiger partial charge in [-0.05, 0) is 30.6 Å². The highest BCUT2D eigenvalue weighted by Gasteiger charge is 2.37. The molecule has 0 fully saturated rings. The van der Waals surface area contributed by atoms with E-state index in [2.05, 4.69) is 20.8 Å². The summed E-state index contributed by atoms with van der Waals surface area (Å²) in [7, 11) is -3.97. The fourth-order valence-corrected chi connectivity index (χ4v) is 4.76. The summed E-state index contributed by atoms with van der Waals surface area (Å²) in [5.41, 5.74) is 0. The Labute approximate surface area is 126 Å². The number of hydrogen-bond acceptors (Lipinski definition) is 2. The molecule has 1 N–H and O–H groups in total. The predicted octanol–water partition coefficient (Wildman–Crippen LogP) is 4.92. The lowest BCUT2D eigenvalue weighted by Crippen LogP contribution is -2.37. The second kappa shape index (κ2) is 9.78. The Hall–Kier alpha value is -0.0900. The number of hydrogen-bond donors (Lipinski definition) is 1. The van der Waals surface area contributed by atoms with Gasteiger partial charge in [0.05, 0.1) is 5.25 Å². The van der Waals surface area contributed by atoms with Crippen molar-refractivity contribution >= 4 is 10.1 Å². The first-order chi connectivity index (χ1) is 9.31. The van der Waals surface area contributed by atoms with E-state index in [0.29, 0.717) is 5.92 Å². The van der Waals surface area contributed by atoms with Crippen LogP contribution in [0.15, 0.2) is 0 Å². The largest absolute Gasteiger partial charge is 0.285 e. The van der Waals surface area contributed by atoms with Gasteiger partial charge in [0.2, 0.25) is 0 Å². The normalized spacial score (nSPS) is 18.5. The van der Waals surface area contributed by atoms with Crippen molar-refractivity contribution in [1.29, 1.82) is 0 Å². The van der Waals surface area contributed by atoms with E-state index in [9.17, 15) is 13.0 Å².